The highest BCUT2D eigenvalue weighted by atomic mass is 15.1. The first kappa shape index (κ1) is 13.4. The monoisotopic (exact) mass is 246 g/mol. The fourth-order valence-electron chi connectivity index (χ4n) is 3.33. The summed E-state index contributed by atoms with van der Waals surface area (Å²) in [6, 6.07) is 7.14. The first-order valence-corrected chi connectivity index (χ1v) is 7.15. The molecule has 0 saturated heterocycles. The Balaban J connectivity index is 2.24. The van der Waals surface area contributed by atoms with E-state index in [4.69, 9.17) is 5.73 Å². The van der Waals surface area contributed by atoms with Crippen LogP contribution in [-0.2, 0) is 6.54 Å². The molecular formula is C16H26N2. The van der Waals surface area contributed by atoms with Crippen molar-refractivity contribution in [1.29, 1.82) is 0 Å². The number of hydrogen-bond acceptors (Lipinski definition) is 2. The largest absolute Gasteiger partial charge is 0.371 e. The molecule has 0 spiro atoms. The van der Waals surface area contributed by atoms with E-state index < -0.39 is 0 Å². The van der Waals surface area contributed by atoms with Gasteiger partial charge in [0.05, 0.1) is 0 Å². The number of hydrogen-bond donors (Lipinski definition) is 1. The Morgan fingerprint density at radius 2 is 2.11 bits per heavy atom. The molecule has 18 heavy (non-hydrogen) atoms. The smallest absolute Gasteiger partial charge is 0.0441 e. The van der Waals surface area contributed by atoms with E-state index in [-0.39, 0.29) is 0 Å². The molecule has 0 bridgehead atoms. The fraction of sp³-hybridized carbons (Fsp3) is 0.625. The Kier molecular flexibility index (Phi) is 4.28. The third kappa shape index (κ3) is 2.69. The summed E-state index contributed by atoms with van der Waals surface area (Å²) in [6.45, 7) is 5.20. The van der Waals surface area contributed by atoms with Crippen molar-refractivity contribution in [2.24, 2.45) is 11.7 Å². The van der Waals surface area contributed by atoms with Gasteiger partial charge in [-0.2, -0.15) is 0 Å². The van der Waals surface area contributed by atoms with Gasteiger partial charge < -0.3 is 10.6 Å². The van der Waals surface area contributed by atoms with Crippen molar-refractivity contribution in [1.82, 2.24) is 0 Å². The maximum Gasteiger partial charge on any atom is 0.0441 e. The molecular weight excluding hydrogens is 220 g/mol. The van der Waals surface area contributed by atoms with E-state index in [0.29, 0.717) is 12.6 Å². The molecule has 2 heteroatoms. The number of para-hydroxylation sites is 1. The van der Waals surface area contributed by atoms with Crippen molar-refractivity contribution >= 4 is 5.69 Å². The molecule has 1 fully saturated rings. The highest BCUT2D eigenvalue weighted by Gasteiger charge is 2.24. The average molecular weight is 246 g/mol. The maximum absolute atomic E-state index is 5.89. The Bertz CT molecular complexity index is 400. The van der Waals surface area contributed by atoms with Crippen LogP contribution in [0.3, 0.4) is 0 Å². The van der Waals surface area contributed by atoms with Crippen LogP contribution in [0.1, 0.15) is 43.7 Å². The van der Waals surface area contributed by atoms with E-state index in [9.17, 15) is 0 Å². The number of anilines is 1. The second kappa shape index (κ2) is 5.75. The van der Waals surface area contributed by atoms with Crippen LogP contribution in [0.25, 0.3) is 0 Å². The summed E-state index contributed by atoms with van der Waals surface area (Å²) in [7, 11) is 2.24. The molecule has 0 aliphatic heterocycles. The zero-order valence-corrected chi connectivity index (χ0v) is 11.9. The molecule has 2 unspecified atom stereocenters. The molecule has 2 nitrogen and oxygen atoms in total. The van der Waals surface area contributed by atoms with Crippen molar-refractivity contribution in [2.75, 3.05) is 11.9 Å². The lowest BCUT2D eigenvalue weighted by molar-refractivity contribution is 0.336. The van der Waals surface area contributed by atoms with Crippen LogP contribution < -0.4 is 10.6 Å². The van der Waals surface area contributed by atoms with Gasteiger partial charge >= 0.3 is 0 Å². The van der Waals surface area contributed by atoms with E-state index in [2.05, 4.69) is 44.0 Å². The normalized spacial score (nSPS) is 24.0. The van der Waals surface area contributed by atoms with Crippen LogP contribution in [0, 0.1) is 12.8 Å². The molecule has 0 aromatic heterocycles. The van der Waals surface area contributed by atoms with Crippen LogP contribution >= 0.6 is 0 Å². The van der Waals surface area contributed by atoms with Gasteiger partial charge in [0.15, 0.2) is 0 Å². The summed E-state index contributed by atoms with van der Waals surface area (Å²) >= 11 is 0. The predicted octanol–water partition coefficient (Wildman–Crippen LogP) is 3.47. The Morgan fingerprint density at radius 3 is 2.78 bits per heavy atom. The van der Waals surface area contributed by atoms with Gasteiger partial charge in [-0.1, -0.05) is 38.0 Å². The van der Waals surface area contributed by atoms with E-state index in [1.807, 2.05) is 0 Å². The summed E-state index contributed by atoms with van der Waals surface area (Å²) in [5.74, 6) is 0.858. The average Bonchev–Trinajstić information content (AvgIpc) is 2.37. The molecule has 0 heterocycles. The minimum absolute atomic E-state index is 0.629. The summed E-state index contributed by atoms with van der Waals surface area (Å²) < 4.78 is 0. The van der Waals surface area contributed by atoms with Gasteiger partial charge in [0.1, 0.15) is 0 Å². The molecule has 1 aliphatic carbocycles. The number of nitrogens with two attached hydrogens (primary N) is 1. The quantitative estimate of drug-likeness (QED) is 0.885. The molecule has 100 valence electrons. The number of benzene rings is 1. The molecule has 2 N–H and O–H groups in total. The van der Waals surface area contributed by atoms with Crippen molar-refractivity contribution < 1.29 is 0 Å². The first-order valence-electron chi connectivity index (χ1n) is 7.15. The topological polar surface area (TPSA) is 29.3 Å². The lowest BCUT2D eigenvalue weighted by atomic mass is 9.86. The maximum atomic E-state index is 5.89. The highest BCUT2D eigenvalue weighted by Crippen LogP contribution is 2.32. The molecule has 2 atom stereocenters. The van der Waals surface area contributed by atoms with Crippen LogP contribution in [0.4, 0.5) is 5.69 Å². The van der Waals surface area contributed by atoms with Crippen molar-refractivity contribution in [3.05, 3.63) is 29.3 Å². The third-order valence-corrected chi connectivity index (χ3v) is 4.35. The summed E-state index contributed by atoms with van der Waals surface area (Å²) in [4.78, 5) is 2.48. The van der Waals surface area contributed by atoms with E-state index >= 15 is 0 Å². The van der Waals surface area contributed by atoms with Crippen molar-refractivity contribution in [3.8, 4) is 0 Å². The second-order valence-electron chi connectivity index (χ2n) is 5.82. The lowest BCUT2D eigenvalue weighted by Crippen LogP contribution is -2.36. The summed E-state index contributed by atoms with van der Waals surface area (Å²) in [5, 5.41) is 0. The van der Waals surface area contributed by atoms with Gasteiger partial charge in [-0.3, -0.25) is 0 Å². The molecule has 1 aromatic carbocycles. The van der Waals surface area contributed by atoms with E-state index in [1.54, 1.807) is 0 Å². The first-order chi connectivity index (χ1) is 8.63. The van der Waals surface area contributed by atoms with Gasteiger partial charge in [-0.05, 0) is 36.8 Å². The van der Waals surface area contributed by atoms with Gasteiger partial charge in [-0.25, -0.2) is 0 Å². The predicted molar refractivity (Wildman–Crippen MR) is 78.9 cm³/mol. The minimum atomic E-state index is 0.629. The zero-order valence-electron chi connectivity index (χ0n) is 11.9. The molecule has 0 amide bonds. The Hall–Kier alpha value is -1.02. The zero-order chi connectivity index (χ0) is 13.1. The van der Waals surface area contributed by atoms with E-state index in [0.717, 1.165) is 5.92 Å². The van der Waals surface area contributed by atoms with Gasteiger partial charge in [0.25, 0.3) is 0 Å². The number of rotatable bonds is 3. The molecule has 1 saturated carbocycles. The molecule has 0 radical (unpaired) electrons. The number of nitrogens with zero attached hydrogens (tertiary/aromatic N) is 1. The third-order valence-electron chi connectivity index (χ3n) is 4.35. The van der Waals surface area contributed by atoms with Gasteiger partial charge in [0.2, 0.25) is 0 Å². The standard InChI is InChI=1S/C16H26N2/c1-12-6-4-9-15(10-12)18(3)16-13(2)7-5-8-14(16)11-17/h5,7-8,12,15H,4,6,9-11,17H2,1-3H3. The Morgan fingerprint density at radius 1 is 1.33 bits per heavy atom. The summed E-state index contributed by atoms with van der Waals surface area (Å²) in [5.41, 5.74) is 9.87. The second-order valence-corrected chi connectivity index (χ2v) is 5.82. The summed E-state index contributed by atoms with van der Waals surface area (Å²) in [6.07, 6.45) is 5.38. The Labute approximate surface area is 111 Å². The van der Waals surface area contributed by atoms with Crippen molar-refractivity contribution in [2.45, 2.75) is 52.1 Å². The van der Waals surface area contributed by atoms with Crippen molar-refractivity contribution in [3.63, 3.8) is 0 Å². The molecule has 1 aromatic rings. The van der Waals surface area contributed by atoms with Crippen LogP contribution in [0.15, 0.2) is 18.2 Å². The fourth-order valence-corrected chi connectivity index (χ4v) is 3.33. The van der Waals surface area contributed by atoms with Gasteiger partial charge in [-0.15, -0.1) is 0 Å². The van der Waals surface area contributed by atoms with Crippen LogP contribution in [0.2, 0.25) is 0 Å². The van der Waals surface area contributed by atoms with Crippen LogP contribution in [0.5, 0.6) is 0 Å². The van der Waals surface area contributed by atoms with E-state index in [1.165, 1.54) is 42.5 Å². The molecule has 2 rings (SSSR count). The SMILES string of the molecule is Cc1cccc(CN)c1N(C)C1CCCC(C)C1. The molecule has 1 aliphatic rings. The lowest BCUT2D eigenvalue weighted by Gasteiger charge is -2.37. The van der Waals surface area contributed by atoms with Crippen LogP contribution in [-0.4, -0.2) is 13.1 Å². The number of aryl methyl sites for hydroxylation is 1. The minimum Gasteiger partial charge on any atom is -0.371 e. The van der Waals surface area contributed by atoms with Gasteiger partial charge in [0, 0.05) is 25.3 Å². The highest BCUT2D eigenvalue weighted by molar-refractivity contribution is 5.59.